The van der Waals surface area contributed by atoms with Crippen molar-refractivity contribution in [2.75, 3.05) is 20.8 Å². The van der Waals surface area contributed by atoms with Gasteiger partial charge in [0.05, 0.1) is 19.1 Å². The van der Waals surface area contributed by atoms with Crippen LogP contribution in [0.3, 0.4) is 0 Å². The minimum atomic E-state index is -3.58. The number of ketones is 1. The van der Waals surface area contributed by atoms with Crippen LogP contribution in [0.5, 0.6) is 11.5 Å². The molecule has 0 saturated heterocycles. The fraction of sp³-hybridized carbons (Fsp3) is 0.316. The van der Waals surface area contributed by atoms with E-state index >= 15 is 0 Å². The van der Waals surface area contributed by atoms with E-state index in [1.807, 2.05) is 0 Å². The predicted molar refractivity (Wildman–Crippen MR) is 97.5 cm³/mol. The number of rotatable bonds is 7. The number of hydrogen-bond donors (Lipinski definition) is 1. The van der Waals surface area contributed by atoms with Crippen LogP contribution in [0.15, 0.2) is 41.3 Å². The summed E-state index contributed by atoms with van der Waals surface area (Å²) in [4.78, 5) is 12.5. The first kappa shape index (κ1) is 18.4. The number of hydrogen-bond acceptors (Lipinski definition) is 5. The van der Waals surface area contributed by atoms with E-state index in [4.69, 9.17) is 9.47 Å². The van der Waals surface area contributed by atoms with E-state index in [0.29, 0.717) is 36.3 Å². The zero-order valence-electron chi connectivity index (χ0n) is 14.7. The molecule has 2 aromatic rings. The SMILES string of the molecule is COc1cc(CCNS(=O)(=O)c2ccccc2)c2c(c1OC)CCC2=O. The molecule has 0 saturated carbocycles. The lowest BCUT2D eigenvalue weighted by molar-refractivity contribution is 0.0993. The van der Waals surface area contributed by atoms with Gasteiger partial charge in [-0.25, -0.2) is 13.1 Å². The van der Waals surface area contributed by atoms with Crippen LogP contribution < -0.4 is 14.2 Å². The Labute approximate surface area is 153 Å². The summed E-state index contributed by atoms with van der Waals surface area (Å²) in [5.74, 6) is 1.20. The largest absolute Gasteiger partial charge is 0.493 e. The number of carbonyl (C=O) groups excluding carboxylic acids is 1. The summed E-state index contributed by atoms with van der Waals surface area (Å²) in [6.45, 7) is 0.187. The van der Waals surface area contributed by atoms with Crippen LogP contribution in [-0.4, -0.2) is 35.0 Å². The summed E-state index contributed by atoms with van der Waals surface area (Å²) in [5.41, 5.74) is 2.26. The molecular weight excluding hydrogens is 354 g/mol. The molecule has 0 atom stereocenters. The molecule has 0 heterocycles. The molecule has 3 rings (SSSR count). The van der Waals surface area contributed by atoms with E-state index in [1.165, 1.54) is 0 Å². The molecule has 0 fully saturated rings. The quantitative estimate of drug-likeness (QED) is 0.803. The first-order chi connectivity index (χ1) is 12.5. The smallest absolute Gasteiger partial charge is 0.240 e. The highest BCUT2D eigenvalue weighted by atomic mass is 32.2. The number of methoxy groups -OCH3 is 2. The molecule has 1 aliphatic rings. The Morgan fingerprint density at radius 3 is 2.46 bits per heavy atom. The summed E-state index contributed by atoms with van der Waals surface area (Å²) < 4.78 is 38.0. The van der Waals surface area contributed by atoms with Crippen molar-refractivity contribution in [2.45, 2.75) is 24.2 Å². The lowest BCUT2D eigenvalue weighted by atomic mass is 9.98. The highest BCUT2D eigenvalue weighted by molar-refractivity contribution is 7.89. The average molecular weight is 375 g/mol. The summed E-state index contributed by atoms with van der Waals surface area (Å²) in [5, 5.41) is 0. The Bertz CT molecular complexity index is 923. The fourth-order valence-corrected chi connectivity index (χ4v) is 4.33. The van der Waals surface area contributed by atoms with E-state index in [9.17, 15) is 13.2 Å². The molecule has 7 heteroatoms. The summed E-state index contributed by atoms with van der Waals surface area (Å²) in [6.07, 6.45) is 1.43. The van der Waals surface area contributed by atoms with Gasteiger partial charge >= 0.3 is 0 Å². The predicted octanol–water partition coefficient (Wildman–Crippen LogP) is 2.35. The van der Waals surface area contributed by atoms with Gasteiger partial charge in [0.1, 0.15) is 0 Å². The van der Waals surface area contributed by atoms with Crippen LogP contribution >= 0.6 is 0 Å². The molecule has 138 valence electrons. The van der Waals surface area contributed by atoms with E-state index in [0.717, 1.165) is 11.1 Å². The Morgan fingerprint density at radius 2 is 1.81 bits per heavy atom. The first-order valence-corrected chi connectivity index (χ1v) is 9.81. The topological polar surface area (TPSA) is 81.7 Å². The maximum Gasteiger partial charge on any atom is 0.240 e. The highest BCUT2D eigenvalue weighted by Gasteiger charge is 2.29. The zero-order valence-corrected chi connectivity index (χ0v) is 15.6. The average Bonchev–Trinajstić information content (AvgIpc) is 3.04. The van der Waals surface area contributed by atoms with Crippen LogP contribution in [0.25, 0.3) is 0 Å². The van der Waals surface area contributed by atoms with Crippen LogP contribution in [0.4, 0.5) is 0 Å². The summed E-state index contributed by atoms with van der Waals surface area (Å²) in [7, 11) is -0.483. The molecule has 26 heavy (non-hydrogen) atoms. The Balaban J connectivity index is 1.83. The molecule has 0 unspecified atom stereocenters. The van der Waals surface area contributed by atoms with E-state index in [1.54, 1.807) is 50.6 Å². The number of Topliss-reactive ketones (excluding diaryl/α,β-unsaturated/α-hetero) is 1. The zero-order chi connectivity index (χ0) is 18.7. The van der Waals surface area contributed by atoms with Crippen molar-refractivity contribution in [1.29, 1.82) is 0 Å². The number of benzene rings is 2. The van der Waals surface area contributed by atoms with Gasteiger partial charge in [-0.1, -0.05) is 18.2 Å². The molecular formula is C19H21NO5S. The second-order valence-electron chi connectivity index (χ2n) is 6.01. The van der Waals surface area contributed by atoms with Gasteiger partial charge in [-0.15, -0.1) is 0 Å². The molecule has 0 aromatic heterocycles. The minimum absolute atomic E-state index is 0.0573. The Kier molecular flexibility index (Phi) is 5.29. The second-order valence-corrected chi connectivity index (χ2v) is 7.78. The van der Waals surface area contributed by atoms with Gasteiger partial charge in [-0.2, -0.15) is 0 Å². The lowest BCUT2D eigenvalue weighted by Gasteiger charge is -2.16. The minimum Gasteiger partial charge on any atom is -0.493 e. The van der Waals surface area contributed by atoms with E-state index < -0.39 is 10.0 Å². The van der Waals surface area contributed by atoms with E-state index in [2.05, 4.69) is 4.72 Å². The third kappa shape index (κ3) is 3.45. The van der Waals surface area contributed by atoms with Crippen molar-refractivity contribution < 1.29 is 22.7 Å². The monoisotopic (exact) mass is 375 g/mol. The van der Waals surface area contributed by atoms with Crippen LogP contribution in [0.2, 0.25) is 0 Å². The van der Waals surface area contributed by atoms with Gasteiger partial charge in [0.2, 0.25) is 10.0 Å². The molecule has 1 aliphatic carbocycles. The molecule has 2 aromatic carbocycles. The number of sulfonamides is 1. The number of carbonyl (C=O) groups is 1. The van der Waals surface area contributed by atoms with Gasteiger partial charge < -0.3 is 9.47 Å². The van der Waals surface area contributed by atoms with E-state index in [-0.39, 0.29) is 17.2 Å². The highest BCUT2D eigenvalue weighted by Crippen LogP contribution is 2.40. The van der Waals surface area contributed by atoms with Gasteiger partial charge in [0.25, 0.3) is 0 Å². The molecule has 0 bridgehead atoms. The molecule has 0 spiro atoms. The van der Waals surface area contributed by atoms with Crippen LogP contribution in [0, 0.1) is 0 Å². The van der Waals surface area contributed by atoms with Gasteiger partial charge in [-0.05, 0) is 36.6 Å². The Hall–Kier alpha value is -2.38. The van der Waals surface area contributed by atoms with Crippen LogP contribution in [0.1, 0.15) is 27.9 Å². The van der Waals surface area contributed by atoms with Crippen molar-refractivity contribution in [2.24, 2.45) is 0 Å². The van der Waals surface area contributed by atoms with Crippen molar-refractivity contribution >= 4 is 15.8 Å². The lowest BCUT2D eigenvalue weighted by Crippen LogP contribution is -2.26. The van der Waals surface area contributed by atoms with Crippen molar-refractivity contribution in [3.8, 4) is 11.5 Å². The number of fused-ring (bicyclic) bond motifs is 1. The second kappa shape index (κ2) is 7.47. The standard InChI is InChI=1S/C19H21NO5S/c1-24-17-12-13(18-15(19(17)25-2)8-9-16(18)21)10-11-20-26(22,23)14-6-4-3-5-7-14/h3-7,12,20H,8-11H2,1-2H3. The number of ether oxygens (including phenoxy) is 2. The summed E-state index contributed by atoms with van der Waals surface area (Å²) in [6, 6.07) is 9.96. The third-order valence-electron chi connectivity index (χ3n) is 4.47. The van der Waals surface area contributed by atoms with Gasteiger partial charge in [-0.3, -0.25) is 4.79 Å². The third-order valence-corrected chi connectivity index (χ3v) is 5.95. The maximum atomic E-state index is 12.3. The van der Waals surface area contributed by atoms with Crippen molar-refractivity contribution in [3.05, 3.63) is 53.1 Å². The number of nitrogens with one attached hydrogen (secondary N) is 1. The maximum absolute atomic E-state index is 12.3. The van der Waals surface area contributed by atoms with Gasteiger partial charge in [0.15, 0.2) is 17.3 Å². The molecule has 6 nitrogen and oxygen atoms in total. The normalized spacial score (nSPS) is 13.5. The molecule has 0 aliphatic heterocycles. The molecule has 0 amide bonds. The van der Waals surface area contributed by atoms with Crippen molar-refractivity contribution in [1.82, 2.24) is 4.72 Å². The van der Waals surface area contributed by atoms with Gasteiger partial charge in [0, 0.05) is 24.1 Å². The summed E-state index contributed by atoms with van der Waals surface area (Å²) >= 11 is 0. The van der Waals surface area contributed by atoms with Crippen molar-refractivity contribution in [3.63, 3.8) is 0 Å². The molecule has 0 radical (unpaired) electrons. The fourth-order valence-electron chi connectivity index (χ4n) is 3.28. The molecule has 1 N–H and O–H groups in total. The van der Waals surface area contributed by atoms with Crippen LogP contribution in [-0.2, 0) is 22.9 Å². The first-order valence-electron chi connectivity index (χ1n) is 8.32. The Morgan fingerprint density at radius 1 is 1.08 bits per heavy atom.